The first-order chi connectivity index (χ1) is 9.56. The summed E-state index contributed by atoms with van der Waals surface area (Å²) >= 11 is 1.22. The number of thiophene rings is 1. The Morgan fingerprint density at radius 1 is 1.35 bits per heavy atom. The maximum atomic E-state index is 13.5. The van der Waals surface area contributed by atoms with Gasteiger partial charge in [0.05, 0.1) is 5.69 Å². The van der Waals surface area contributed by atoms with Gasteiger partial charge in [-0.05, 0) is 36.1 Å². The summed E-state index contributed by atoms with van der Waals surface area (Å²) in [5.41, 5.74) is 0.817. The highest BCUT2D eigenvalue weighted by Gasteiger charge is 2.12. The second kappa shape index (κ2) is 6.29. The van der Waals surface area contributed by atoms with E-state index >= 15 is 0 Å². The number of anilines is 1. The molecule has 0 aliphatic rings. The van der Waals surface area contributed by atoms with Crippen molar-refractivity contribution >= 4 is 28.9 Å². The molecule has 20 heavy (non-hydrogen) atoms. The lowest BCUT2D eigenvalue weighted by Crippen LogP contribution is -2.21. The second-order valence-electron chi connectivity index (χ2n) is 4.08. The van der Waals surface area contributed by atoms with Crippen LogP contribution < -0.4 is 5.32 Å². The molecule has 0 unspecified atom stereocenters. The molecule has 0 spiro atoms. The molecule has 104 valence electrons. The number of carbonyl (C=O) groups is 2. The van der Waals surface area contributed by atoms with E-state index in [9.17, 15) is 14.0 Å². The lowest BCUT2D eigenvalue weighted by atomic mass is 10.2. The molecule has 6 heteroatoms. The Hall–Kier alpha value is -2.21. The smallest absolute Gasteiger partial charge is 0.348 e. The van der Waals surface area contributed by atoms with Crippen LogP contribution in [0.4, 0.5) is 10.1 Å². The van der Waals surface area contributed by atoms with Gasteiger partial charge in [-0.1, -0.05) is 12.1 Å². The molecule has 2 rings (SSSR count). The van der Waals surface area contributed by atoms with E-state index < -0.39 is 24.3 Å². The fourth-order valence-electron chi connectivity index (χ4n) is 1.50. The number of halogens is 1. The molecule has 0 aliphatic carbocycles. The quantitative estimate of drug-likeness (QED) is 0.882. The maximum absolute atomic E-state index is 13.5. The third-order valence-corrected chi connectivity index (χ3v) is 3.31. The standard InChI is InChI=1S/C14H12FNO3S/c1-9-4-5-11(10(15)7-9)16-13(17)8-19-14(18)12-3-2-6-20-12/h2-7H,8H2,1H3,(H,16,17). The van der Waals surface area contributed by atoms with Crippen LogP contribution in [-0.2, 0) is 9.53 Å². The molecule has 1 N–H and O–H groups in total. The fourth-order valence-corrected chi connectivity index (χ4v) is 2.12. The van der Waals surface area contributed by atoms with E-state index in [1.165, 1.54) is 23.5 Å². The number of hydrogen-bond donors (Lipinski definition) is 1. The summed E-state index contributed by atoms with van der Waals surface area (Å²) in [5, 5.41) is 4.08. The number of rotatable bonds is 4. The number of esters is 1. The molecule has 0 saturated carbocycles. The molecular weight excluding hydrogens is 281 g/mol. The van der Waals surface area contributed by atoms with E-state index in [2.05, 4.69) is 5.32 Å². The van der Waals surface area contributed by atoms with Crippen LogP contribution in [0.25, 0.3) is 0 Å². The van der Waals surface area contributed by atoms with Crippen LogP contribution in [0.1, 0.15) is 15.2 Å². The highest BCUT2D eigenvalue weighted by atomic mass is 32.1. The molecule has 1 aromatic heterocycles. The maximum Gasteiger partial charge on any atom is 0.348 e. The lowest BCUT2D eigenvalue weighted by molar-refractivity contribution is -0.119. The fraction of sp³-hybridized carbons (Fsp3) is 0.143. The van der Waals surface area contributed by atoms with Crippen molar-refractivity contribution in [2.24, 2.45) is 0 Å². The van der Waals surface area contributed by atoms with Gasteiger partial charge in [0.1, 0.15) is 10.7 Å². The molecule has 4 nitrogen and oxygen atoms in total. The molecule has 1 amide bonds. The summed E-state index contributed by atoms with van der Waals surface area (Å²) in [5.74, 6) is -1.68. The normalized spacial score (nSPS) is 10.1. The number of hydrogen-bond acceptors (Lipinski definition) is 4. The topological polar surface area (TPSA) is 55.4 Å². The summed E-state index contributed by atoms with van der Waals surface area (Å²) < 4.78 is 18.3. The van der Waals surface area contributed by atoms with Crippen LogP contribution in [-0.4, -0.2) is 18.5 Å². The van der Waals surface area contributed by atoms with Gasteiger partial charge in [0.25, 0.3) is 5.91 Å². The SMILES string of the molecule is Cc1ccc(NC(=O)COC(=O)c2cccs2)c(F)c1. The third-order valence-electron chi connectivity index (χ3n) is 2.46. The zero-order valence-corrected chi connectivity index (χ0v) is 11.5. The van der Waals surface area contributed by atoms with E-state index in [-0.39, 0.29) is 5.69 Å². The zero-order valence-electron chi connectivity index (χ0n) is 10.7. The van der Waals surface area contributed by atoms with Crippen LogP contribution in [0.5, 0.6) is 0 Å². The molecule has 0 atom stereocenters. The van der Waals surface area contributed by atoms with Gasteiger partial charge in [0.15, 0.2) is 6.61 Å². The van der Waals surface area contributed by atoms with E-state index in [4.69, 9.17) is 4.74 Å². The number of ether oxygens (including phenoxy) is 1. The van der Waals surface area contributed by atoms with E-state index in [1.807, 2.05) is 0 Å². The summed E-state index contributed by atoms with van der Waals surface area (Å²) in [7, 11) is 0. The van der Waals surface area contributed by atoms with Gasteiger partial charge >= 0.3 is 5.97 Å². The predicted octanol–water partition coefficient (Wildman–Crippen LogP) is 2.99. The van der Waals surface area contributed by atoms with Gasteiger partial charge in [-0.15, -0.1) is 11.3 Å². The Balaban J connectivity index is 1.88. The highest BCUT2D eigenvalue weighted by Crippen LogP contribution is 2.15. The number of nitrogens with one attached hydrogen (secondary N) is 1. The summed E-state index contributed by atoms with van der Waals surface area (Å²) in [6.45, 7) is 1.29. The Labute approximate surface area is 119 Å². The molecule has 0 fully saturated rings. The number of amides is 1. The molecule has 1 heterocycles. The van der Waals surface area contributed by atoms with Crippen molar-refractivity contribution in [3.05, 3.63) is 52.0 Å². The zero-order chi connectivity index (χ0) is 14.5. The first kappa shape index (κ1) is 14.2. The average Bonchev–Trinajstić information content (AvgIpc) is 2.93. The monoisotopic (exact) mass is 293 g/mol. The molecule has 0 radical (unpaired) electrons. The Bertz CT molecular complexity index is 625. The summed E-state index contributed by atoms with van der Waals surface area (Å²) in [6, 6.07) is 7.76. The van der Waals surface area contributed by atoms with Crippen molar-refractivity contribution in [2.45, 2.75) is 6.92 Å². The second-order valence-corrected chi connectivity index (χ2v) is 5.03. The Morgan fingerprint density at radius 3 is 2.80 bits per heavy atom. The predicted molar refractivity (Wildman–Crippen MR) is 74.4 cm³/mol. The minimum absolute atomic E-state index is 0.0628. The number of carbonyl (C=O) groups excluding carboxylic acids is 2. The van der Waals surface area contributed by atoms with Crippen molar-refractivity contribution in [3.63, 3.8) is 0 Å². The van der Waals surface area contributed by atoms with Gasteiger partial charge in [-0.3, -0.25) is 4.79 Å². The van der Waals surface area contributed by atoms with Crippen molar-refractivity contribution in [1.29, 1.82) is 0 Å². The van der Waals surface area contributed by atoms with Crippen LogP contribution in [0.15, 0.2) is 35.7 Å². The van der Waals surface area contributed by atoms with Gasteiger partial charge in [-0.2, -0.15) is 0 Å². The molecule has 2 aromatic rings. The van der Waals surface area contributed by atoms with Crippen LogP contribution in [0, 0.1) is 12.7 Å². The van der Waals surface area contributed by atoms with Gasteiger partial charge in [0, 0.05) is 0 Å². The van der Waals surface area contributed by atoms with Crippen molar-refractivity contribution in [1.82, 2.24) is 0 Å². The molecule has 0 aliphatic heterocycles. The van der Waals surface area contributed by atoms with E-state index in [0.717, 1.165) is 5.56 Å². The first-order valence-electron chi connectivity index (χ1n) is 5.83. The molecule has 0 saturated heterocycles. The minimum atomic E-state index is -0.586. The van der Waals surface area contributed by atoms with Crippen molar-refractivity contribution in [2.75, 3.05) is 11.9 Å². The first-order valence-corrected chi connectivity index (χ1v) is 6.71. The number of benzene rings is 1. The molecule has 1 aromatic carbocycles. The van der Waals surface area contributed by atoms with Crippen LogP contribution in [0.3, 0.4) is 0 Å². The van der Waals surface area contributed by atoms with Gasteiger partial charge in [-0.25, -0.2) is 9.18 Å². The van der Waals surface area contributed by atoms with Crippen molar-refractivity contribution < 1.29 is 18.7 Å². The van der Waals surface area contributed by atoms with Crippen molar-refractivity contribution in [3.8, 4) is 0 Å². The minimum Gasteiger partial charge on any atom is -0.451 e. The lowest BCUT2D eigenvalue weighted by Gasteiger charge is -2.07. The molecule has 0 bridgehead atoms. The highest BCUT2D eigenvalue weighted by molar-refractivity contribution is 7.11. The van der Waals surface area contributed by atoms with Crippen LogP contribution in [0.2, 0.25) is 0 Å². The van der Waals surface area contributed by atoms with Gasteiger partial charge in [0.2, 0.25) is 0 Å². The van der Waals surface area contributed by atoms with E-state index in [0.29, 0.717) is 4.88 Å². The summed E-state index contributed by atoms with van der Waals surface area (Å²) in [6.07, 6.45) is 0. The third kappa shape index (κ3) is 3.64. The average molecular weight is 293 g/mol. The van der Waals surface area contributed by atoms with Crippen LogP contribution >= 0.6 is 11.3 Å². The Morgan fingerprint density at radius 2 is 2.15 bits per heavy atom. The molecular formula is C14H12FNO3S. The van der Waals surface area contributed by atoms with E-state index in [1.54, 1.807) is 30.5 Å². The summed E-state index contributed by atoms with van der Waals surface area (Å²) in [4.78, 5) is 23.5. The van der Waals surface area contributed by atoms with Gasteiger partial charge < -0.3 is 10.1 Å². The Kier molecular flexibility index (Phi) is 4.47. The number of aryl methyl sites for hydroxylation is 1. The largest absolute Gasteiger partial charge is 0.451 e.